The van der Waals surface area contributed by atoms with Crippen LogP contribution in [-0.4, -0.2) is 18.5 Å². The van der Waals surface area contributed by atoms with Crippen molar-refractivity contribution in [2.75, 3.05) is 12.5 Å². The van der Waals surface area contributed by atoms with E-state index < -0.39 is 0 Å². The zero-order chi connectivity index (χ0) is 15.1. The Morgan fingerprint density at radius 3 is 2.52 bits per heavy atom. The van der Waals surface area contributed by atoms with Crippen molar-refractivity contribution in [3.05, 3.63) is 59.7 Å². The predicted molar refractivity (Wildman–Crippen MR) is 83.3 cm³/mol. The van der Waals surface area contributed by atoms with E-state index in [-0.39, 0.29) is 5.97 Å². The highest BCUT2D eigenvalue weighted by Gasteiger charge is 2.13. The Hall–Kier alpha value is -2.00. The van der Waals surface area contributed by atoms with Crippen molar-refractivity contribution in [2.24, 2.45) is 0 Å². The number of para-hydroxylation sites is 1. The van der Waals surface area contributed by atoms with Crippen LogP contribution in [0.3, 0.4) is 0 Å². The van der Waals surface area contributed by atoms with Gasteiger partial charge in [-0.25, -0.2) is 4.79 Å². The van der Waals surface area contributed by atoms with Crippen LogP contribution in [0.25, 0.3) is 0 Å². The lowest BCUT2D eigenvalue weighted by molar-refractivity contribution is 0.0525. The van der Waals surface area contributed by atoms with Gasteiger partial charge in [0.2, 0.25) is 0 Å². The molecule has 3 nitrogen and oxygen atoms in total. The Labute approximate surface area is 129 Å². The molecule has 0 N–H and O–H groups in total. The molecule has 2 aromatic carbocycles. The molecule has 0 radical (unpaired) electrons. The largest absolute Gasteiger partial charge is 0.462 e. The number of rotatable bonds is 6. The number of hydrogen-bond donors (Lipinski definition) is 0. The molecule has 2 aromatic rings. The third-order valence-electron chi connectivity index (χ3n) is 2.91. The highest BCUT2D eigenvalue weighted by Crippen LogP contribution is 2.25. The van der Waals surface area contributed by atoms with Crippen molar-refractivity contribution >= 4 is 17.6 Å². The van der Waals surface area contributed by atoms with E-state index in [0.717, 1.165) is 11.3 Å². The molecule has 0 aliphatic rings. The Morgan fingerprint density at radius 1 is 1.10 bits per heavy atom. The van der Waals surface area contributed by atoms with E-state index in [0.29, 0.717) is 30.2 Å². The first-order valence-electron chi connectivity index (χ1n) is 6.83. The fourth-order valence-electron chi connectivity index (χ4n) is 1.97. The lowest BCUT2D eigenvalue weighted by atomic mass is 10.0. The second-order valence-electron chi connectivity index (χ2n) is 4.39. The molecule has 0 aliphatic heterocycles. The van der Waals surface area contributed by atoms with Crippen LogP contribution in [0.4, 0.5) is 0 Å². The number of esters is 1. The Bertz CT molecular complexity index is 596. The van der Waals surface area contributed by atoms with E-state index in [1.54, 1.807) is 19.1 Å². The van der Waals surface area contributed by atoms with E-state index in [1.165, 1.54) is 0 Å². The highest BCUT2D eigenvalue weighted by atomic mass is 35.5. The van der Waals surface area contributed by atoms with E-state index in [9.17, 15) is 4.79 Å². The number of carbonyl (C=O) groups excluding carboxylic acids is 1. The maximum Gasteiger partial charge on any atom is 0.338 e. The Kier molecular flexibility index (Phi) is 5.64. The molecule has 0 fully saturated rings. The molecule has 0 unspecified atom stereocenters. The Morgan fingerprint density at radius 2 is 1.86 bits per heavy atom. The standard InChI is InChI=1S/C17H17ClO3/c1-2-20-17(19)16-9-8-15(12-13(16)10-11-18)21-14-6-4-3-5-7-14/h3-9,12H,2,10-11H2,1H3. The first kappa shape index (κ1) is 15.4. The average Bonchev–Trinajstić information content (AvgIpc) is 2.49. The topological polar surface area (TPSA) is 35.5 Å². The van der Waals surface area contributed by atoms with Gasteiger partial charge in [-0.2, -0.15) is 0 Å². The summed E-state index contributed by atoms with van der Waals surface area (Å²) < 4.78 is 10.8. The van der Waals surface area contributed by atoms with Crippen LogP contribution in [0.2, 0.25) is 0 Å². The Balaban J connectivity index is 2.25. The molecule has 0 amide bonds. The predicted octanol–water partition coefficient (Wildman–Crippen LogP) is 4.44. The summed E-state index contributed by atoms with van der Waals surface area (Å²) in [5, 5.41) is 0. The summed E-state index contributed by atoms with van der Waals surface area (Å²) in [6.07, 6.45) is 0.585. The summed E-state index contributed by atoms with van der Waals surface area (Å²) in [5.74, 6) is 1.53. The number of halogens is 1. The number of hydrogen-bond acceptors (Lipinski definition) is 3. The molecule has 4 heteroatoms. The molecular weight excluding hydrogens is 288 g/mol. The van der Waals surface area contributed by atoms with Gasteiger partial charge in [-0.1, -0.05) is 18.2 Å². The minimum absolute atomic E-state index is 0.330. The van der Waals surface area contributed by atoms with Crippen molar-refractivity contribution < 1.29 is 14.3 Å². The van der Waals surface area contributed by atoms with Gasteiger partial charge in [0.1, 0.15) is 11.5 Å². The molecule has 0 spiro atoms. The summed E-state index contributed by atoms with van der Waals surface area (Å²) in [7, 11) is 0. The lowest BCUT2D eigenvalue weighted by Crippen LogP contribution is -2.08. The maximum atomic E-state index is 11.9. The van der Waals surface area contributed by atoms with Crippen LogP contribution in [0.5, 0.6) is 11.5 Å². The molecule has 21 heavy (non-hydrogen) atoms. The second kappa shape index (κ2) is 7.70. The van der Waals surface area contributed by atoms with Crippen molar-refractivity contribution in [2.45, 2.75) is 13.3 Å². The molecule has 0 saturated heterocycles. The van der Waals surface area contributed by atoms with Gasteiger partial charge in [0.25, 0.3) is 0 Å². The summed E-state index contributed by atoms with van der Waals surface area (Å²) in [4.78, 5) is 11.9. The third-order valence-corrected chi connectivity index (χ3v) is 3.10. The molecule has 110 valence electrons. The molecule has 0 atom stereocenters. The van der Waals surface area contributed by atoms with Crippen LogP contribution in [-0.2, 0) is 11.2 Å². The van der Waals surface area contributed by atoms with Gasteiger partial charge >= 0.3 is 5.97 Å². The van der Waals surface area contributed by atoms with Gasteiger partial charge in [0.15, 0.2) is 0 Å². The number of aryl methyl sites for hydroxylation is 1. The quantitative estimate of drug-likeness (QED) is 0.585. The van der Waals surface area contributed by atoms with Gasteiger partial charge in [-0.3, -0.25) is 0 Å². The zero-order valence-corrected chi connectivity index (χ0v) is 12.6. The van der Waals surface area contributed by atoms with Crippen LogP contribution >= 0.6 is 11.6 Å². The summed E-state index contributed by atoms with van der Waals surface area (Å²) in [6.45, 7) is 2.13. The zero-order valence-electron chi connectivity index (χ0n) is 11.8. The number of alkyl halides is 1. The van der Waals surface area contributed by atoms with Crippen LogP contribution in [0.1, 0.15) is 22.8 Å². The van der Waals surface area contributed by atoms with Gasteiger partial charge in [-0.05, 0) is 49.2 Å². The maximum absolute atomic E-state index is 11.9. The normalized spacial score (nSPS) is 10.2. The van der Waals surface area contributed by atoms with Crippen molar-refractivity contribution in [1.29, 1.82) is 0 Å². The van der Waals surface area contributed by atoms with E-state index >= 15 is 0 Å². The second-order valence-corrected chi connectivity index (χ2v) is 4.77. The summed E-state index contributed by atoms with van der Waals surface area (Å²) in [6, 6.07) is 14.8. The van der Waals surface area contributed by atoms with E-state index in [4.69, 9.17) is 21.1 Å². The third kappa shape index (κ3) is 4.23. The number of carbonyl (C=O) groups is 1. The van der Waals surface area contributed by atoms with Gasteiger partial charge in [0, 0.05) is 5.88 Å². The summed E-state index contributed by atoms with van der Waals surface area (Å²) >= 11 is 5.81. The molecule has 0 aliphatic carbocycles. The fraction of sp³-hybridized carbons (Fsp3) is 0.235. The average molecular weight is 305 g/mol. The minimum atomic E-state index is -0.330. The molecule has 0 heterocycles. The monoisotopic (exact) mass is 304 g/mol. The van der Waals surface area contributed by atoms with E-state index in [1.807, 2.05) is 36.4 Å². The minimum Gasteiger partial charge on any atom is -0.462 e. The molecule has 0 aromatic heterocycles. The van der Waals surface area contributed by atoms with Crippen molar-refractivity contribution in [3.8, 4) is 11.5 Å². The molecule has 2 rings (SSSR count). The first-order chi connectivity index (χ1) is 10.2. The van der Waals surface area contributed by atoms with E-state index in [2.05, 4.69) is 0 Å². The fourth-order valence-corrected chi connectivity index (χ4v) is 2.18. The first-order valence-corrected chi connectivity index (χ1v) is 7.37. The van der Waals surface area contributed by atoms with Gasteiger partial charge in [-0.15, -0.1) is 11.6 Å². The molecule has 0 saturated carbocycles. The highest BCUT2D eigenvalue weighted by molar-refractivity contribution is 6.18. The van der Waals surface area contributed by atoms with Gasteiger partial charge < -0.3 is 9.47 Å². The molecular formula is C17H17ClO3. The molecule has 0 bridgehead atoms. The number of benzene rings is 2. The van der Waals surface area contributed by atoms with Crippen LogP contribution < -0.4 is 4.74 Å². The lowest BCUT2D eigenvalue weighted by Gasteiger charge is -2.11. The van der Waals surface area contributed by atoms with Crippen LogP contribution in [0, 0.1) is 0 Å². The van der Waals surface area contributed by atoms with Gasteiger partial charge in [0.05, 0.1) is 12.2 Å². The SMILES string of the molecule is CCOC(=O)c1ccc(Oc2ccccc2)cc1CCCl. The van der Waals surface area contributed by atoms with Crippen LogP contribution in [0.15, 0.2) is 48.5 Å². The smallest absolute Gasteiger partial charge is 0.338 e. The van der Waals surface area contributed by atoms with Crippen molar-refractivity contribution in [3.63, 3.8) is 0 Å². The number of ether oxygens (including phenoxy) is 2. The van der Waals surface area contributed by atoms with Crippen molar-refractivity contribution in [1.82, 2.24) is 0 Å². The summed E-state index contributed by atoms with van der Waals surface area (Å²) in [5.41, 5.74) is 1.37.